The molecule has 7 N–H and O–H groups in total. The quantitative estimate of drug-likeness (QED) is 0.203. The highest BCUT2D eigenvalue weighted by atomic mass is 16.5. The number of nitrogens with one attached hydrogen (secondary N) is 1. The molecule has 1 aliphatic heterocycles. The lowest BCUT2D eigenvalue weighted by Crippen LogP contribution is -2.58. The molecule has 280 valence electrons. The van der Waals surface area contributed by atoms with E-state index in [1.54, 1.807) is 6.92 Å². The maximum absolute atomic E-state index is 12.3. The molecule has 1 fully saturated rings. The Bertz CT molecular complexity index is 1970. The van der Waals surface area contributed by atoms with Crippen LogP contribution in [-0.4, -0.2) is 91.9 Å². The van der Waals surface area contributed by atoms with Crippen LogP contribution >= 0.6 is 0 Å². The first-order valence-corrected chi connectivity index (χ1v) is 13.6. The highest BCUT2D eigenvalue weighted by molar-refractivity contribution is 5.94. The van der Waals surface area contributed by atoms with Gasteiger partial charge in [0, 0.05) is 75.7 Å². The molecule has 9 heteroatoms. The van der Waals surface area contributed by atoms with Gasteiger partial charge in [-0.2, -0.15) is 0 Å². The van der Waals surface area contributed by atoms with Gasteiger partial charge in [-0.05, 0) is 121 Å². The van der Waals surface area contributed by atoms with Crippen LogP contribution in [0.15, 0.2) is 0 Å². The Morgan fingerprint density at radius 1 is 0.660 bits per heavy atom. The van der Waals surface area contributed by atoms with Crippen LogP contribution in [0.4, 0.5) is 0 Å². The highest BCUT2D eigenvalue weighted by Crippen LogP contribution is 2.25. The number of carbonyl (C=O) groups is 1. The number of hydrogen-bond acceptors (Lipinski definition) is 8. The average Bonchev–Trinajstić information content (AvgIpc) is 3.06. The van der Waals surface area contributed by atoms with E-state index < -0.39 is 61.3 Å². The van der Waals surface area contributed by atoms with Crippen LogP contribution in [0, 0.1) is 142 Å². The Morgan fingerprint density at radius 2 is 1.04 bits per heavy atom. The summed E-state index contributed by atoms with van der Waals surface area (Å²) in [4.78, 5) is 12.3. The number of rotatable bonds is 7. The molecule has 0 aromatic rings. The maximum atomic E-state index is 12.3. The third kappa shape index (κ3) is 17.1. The number of hydrogen-bond donors (Lipinski definition) is 7. The molecule has 0 saturated carbocycles. The predicted octanol–water partition coefficient (Wildman–Crippen LogP) is 2.80. The van der Waals surface area contributed by atoms with E-state index in [1.165, 1.54) is 6.92 Å². The summed E-state index contributed by atoms with van der Waals surface area (Å²) in [5.74, 6) is 58.0. The number of carbonyl (C=O) groups excluding carboxylic acids is 1. The molecule has 1 saturated heterocycles. The predicted molar refractivity (Wildman–Crippen MR) is 222 cm³/mol. The van der Waals surface area contributed by atoms with Gasteiger partial charge in [0.2, 0.25) is 0 Å². The molecule has 8 atom stereocenters. The van der Waals surface area contributed by atoms with Crippen LogP contribution in [0.2, 0.25) is 0 Å². The Kier molecular flexibility index (Phi) is 20.1. The molecule has 0 aliphatic carbocycles. The van der Waals surface area contributed by atoms with Crippen molar-refractivity contribution in [2.45, 2.75) is 75.5 Å². The smallest absolute Gasteiger partial charge is 0.297 e. The molecule has 47 heavy (non-hydrogen) atoms. The molecule has 0 radical (unpaired) electrons. The van der Waals surface area contributed by atoms with E-state index in [1.807, 2.05) is 0 Å². The van der Waals surface area contributed by atoms with Crippen molar-refractivity contribution < 1.29 is 74.4 Å². The second-order valence-electron chi connectivity index (χ2n) is 8.88. The van der Waals surface area contributed by atoms with Gasteiger partial charge < -0.3 is 40.7 Å². The fraction of sp³-hybridized carbons (Fsp3) is 0.342. The van der Waals surface area contributed by atoms with Gasteiger partial charge in [0.25, 0.3) is 5.91 Å². The minimum absolute atomic E-state index is 0. The van der Waals surface area contributed by atoms with Crippen LogP contribution in [0.1, 0.15) is 60.9 Å². The van der Waals surface area contributed by atoms with Crippen LogP contribution in [0.3, 0.4) is 0 Å². The monoisotopic (exact) mass is 674 g/mol. The van der Waals surface area contributed by atoms with Gasteiger partial charge >= 0.3 is 0 Å². The van der Waals surface area contributed by atoms with Crippen LogP contribution in [0.5, 0.6) is 0 Å². The number of aliphatic hydroxyl groups is 6. The molecule has 1 heterocycles. The first kappa shape index (κ1) is 38.9. The van der Waals surface area contributed by atoms with Crippen molar-refractivity contribution in [3.05, 3.63) is 0 Å². The first-order valence-electron chi connectivity index (χ1n) is 13.6. The van der Waals surface area contributed by atoms with Crippen molar-refractivity contribution in [1.82, 2.24) is 5.32 Å². The second kappa shape index (κ2) is 24.3. The molecular weight excluding hydrogens is 598 g/mol. The number of amides is 1. The van der Waals surface area contributed by atoms with Crippen molar-refractivity contribution in [1.29, 1.82) is 0 Å². The zero-order valence-corrected chi connectivity index (χ0v) is 25.2. The SMILES string of the molecule is CC#CC#CC#CC#CC#CC#CC#CC#CC#CC#CC#CC#CC(=O)N[C@@H](CC[C@H]1OC(CO)[C@H](O)[C@H](O)C1O)[C@H](O)[C@@H](C)O.[HH].[HH].[HH].[HH].[HH].[HH].[HH].[HH].[HH].[HH].[HH].[HH].[HH].[HH].[HH].[HH].[HH].[HH].[HH].[HH].[HH].[HH].[HH].[HH]. The summed E-state index contributed by atoms with van der Waals surface area (Å²) >= 11 is 0. The molecule has 1 amide bonds. The lowest BCUT2D eigenvalue weighted by Gasteiger charge is -2.40. The Balaban J connectivity index is -0.0000000418. The van der Waals surface area contributed by atoms with Crippen molar-refractivity contribution in [3.8, 4) is 142 Å². The van der Waals surface area contributed by atoms with Crippen LogP contribution < -0.4 is 5.32 Å². The van der Waals surface area contributed by atoms with Crippen molar-refractivity contribution in [2.75, 3.05) is 6.61 Å². The van der Waals surface area contributed by atoms with Crippen LogP contribution in [-0.2, 0) is 9.53 Å². The fourth-order valence-corrected chi connectivity index (χ4v) is 3.41. The molecule has 2 unspecified atom stereocenters. The van der Waals surface area contributed by atoms with E-state index >= 15 is 0 Å². The zero-order valence-electron chi connectivity index (χ0n) is 25.2. The summed E-state index contributed by atoms with van der Waals surface area (Å²) in [7, 11) is 0. The molecular formula is C38H75NO8. The third-order valence-electron chi connectivity index (χ3n) is 5.59. The summed E-state index contributed by atoms with van der Waals surface area (Å²) < 4.78 is 5.44. The van der Waals surface area contributed by atoms with Gasteiger partial charge in [0.05, 0.1) is 31.0 Å². The summed E-state index contributed by atoms with van der Waals surface area (Å²) in [6.45, 7) is 2.40. The Morgan fingerprint density at radius 3 is 1.43 bits per heavy atom. The molecule has 0 spiro atoms. The number of aliphatic hydroxyl groups excluding tert-OH is 6. The summed E-state index contributed by atoms with van der Waals surface area (Å²) in [6, 6.07) is -1.01. The normalized spacial score (nSPS) is 19.4. The summed E-state index contributed by atoms with van der Waals surface area (Å²) in [6.07, 6.45) is -9.28. The molecule has 9 nitrogen and oxygen atoms in total. The summed E-state index contributed by atoms with van der Waals surface area (Å²) in [5.41, 5.74) is 0. The van der Waals surface area contributed by atoms with Gasteiger partial charge in [-0.15, -0.1) is 0 Å². The van der Waals surface area contributed by atoms with Gasteiger partial charge in [-0.25, -0.2) is 0 Å². The topological polar surface area (TPSA) is 160 Å². The van der Waals surface area contributed by atoms with E-state index in [2.05, 4.69) is 147 Å². The van der Waals surface area contributed by atoms with E-state index in [9.17, 15) is 35.4 Å². The van der Waals surface area contributed by atoms with E-state index in [-0.39, 0.29) is 47.1 Å². The molecule has 0 aromatic heterocycles. The standard InChI is InChI=1S/C38H27NO8.24H2/c1-3-4-5-6-7-8-9-10-11-12-13-14-15-16-17-18-19-20-21-22-23-24-25-26-34(42)39-31(35(43)30(2)41)27-28-32-36(44)38(46)37(45)33(29-40)47-32;;;;;;;;;;;;;;;;;;;;;;;;/h30-33,35-38,40-41,43-46H,27-29H2,1-2H3,(H,39,42);24*1H/t30-,31+,32-,33?,35-,36?,37+,38-;;;;;;;;;;;;;;;;;;;;;;;;/m1......................../s1. The summed E-state index contributed by atoms with van der Waals surface area (Å²) in [5, 5.41) is 62.0. The van der Waals surface area contributed by atoms with Gasteiger partial charge in [0.1, 0.15) is 24.4 Å². The lowest BCUT2D eigenvalue weighted by atomic mass is 9.90. The fourth-order valence-electron chi connectivity index (χ4n) is 3.41. The van der Waals surface area contributed by atoms with Crippen molar-refractivity contribution in [3.63, 3.8) is 0 Å². The molecule has 0 aromatic carbocycles. The van der Waals surface area contributed by atoms with Gasteiger partial charge in [0.15, 0.2) is 0 Å². The molecule has 0 bridgehead atoms. The molecule has 1 rings (SSSR count). The van der Waals surface area contributed by atoms with Crippen molar-refractivity contribution >= 4 is 5.91 Å². The minimum Gasteiger partial charge on any atom is -0.394 e. The van der Waals surface area contributed by atoms with Gasteiger partial charge in [-0.3, -0.25) is 4.79 Å². The zero-order chi connectivity index (χ0) is 34.7. The van der Waals surface area contributed by atoms with Crippen molar-refractivity contribution in [2.24, 2.45) is 0 Å². The Labute approximate surface area is 310 Å². The largest absolute Gasteiger partial charge is 0.394 e. The maximum Gasteiger partial charge on any atom is 0.297 e. The van der Waals surface area contributed by atoms with Gasteiger partial charge in [-0.1, -0.05) is 5.92 Å². The molecule has 1 aliphatic rings. The minimum atomic E-state index is -1.56. The average molecular weight is 674 g/mol. The lowest BCUT2D eigenvalue weighted by molar-refractivity contribution is -0.231. The van der Waals surface area contributed by atoms with E-state index in [0.717, 1.165) is 0 Å². The Hall–Kier alpha value is -6.09. The number of ether oxygens (including phenoxy) is 1. The van der Waals surface area contributed by atoms with Crippen LogP contribution in [0.25, 0.3) is 0 Å². The van der Waals surface area contributed by atoms with E-state index in [0.29, 0.717) is 0 Å². The van der Waals surface area contributed by atoms with E-state index in [4.69, 9.17) is 4.74 Å². The third-order valence-corrected chi connectivity index (χ3v) is 5.59. The second-order valence-corrected chi connectivity index (χ2v) is 8.88. The highest BCUT2D eigenvalue weighted by Gasteiger charge is 2.43. The first-order chi connectivity index (χ1) is 22.7.